The second kappa shape index (κ2) is 7.83. The van der Waals surface area contributed by atoms with Crippen molar-refractivity contribution in [2.45, 2.75) is 76.5 Å². The van der Waals surface area contributed by atoms with Crippen LogP contribution in [0.2, 0.25) is 0 Å². The standard InChI is InChI=1S/C23H29F5O4/c24-19(25)18(23(26,27)28)32-21(30)17-15-2-1-14(6-15)16(17)20(29)31-10-22-7-11-3-12(8-22)5-13(4-11)9-22/h11-19H,1-10H2. The number of halogens is 5. The summed E-state index contributed by atoms with van der Waals surface area (Å²) in [5, 5.41) is 0. The van der Waals surface area contributed by atoms with Gasteiger partial charge in [0.2, 0.25) is 0 Å². The van der Waals surface area contributed by atoms with Gasteiger partial charge in [0.1, 0.15) is 0 Å². The molecule has 5 atom stereocenters. The van der Waals surface area contributed by atoms with Crippen LogP contribution in [0.4, 0.5) is 22.0 Å². The lowest BCUT2D eigenvalue weighted by Crippen LogP contribution is -2.49. The van der Waals surface area contributed by atoms with Crippen LogP contribution in [-0.2, 0) is 19.1 Å². The Kier molecular flexibility index (Phi) is 5.48. The molecule has 0 amide bonds. The number of hydrogen-bond donors (Lipinski definition) is 0. The van der Waals surface area contributed by atoms with Crippen molar-refractivity contribution in [3.05, 3.63) is 0 Å². The maximum absolute atomic E-state index is 13.1. The maximum Gasteiger partial charge on any atom is 0.431 e. The second-order valence-corrected chi connectivity index (χ2v) is 11.1. The summed E-state index contributed by atoms with van der Waals surface area (Å²) in [7, 11) is 0. The molecule has 0 radical (unpaired) electrons. The smallest absolute Gasteiger partial charge is 0.431 e. The van der Waals surface area contributed by atoms with E-state index in [0.717, 1.165) is 19.3 Å². The van der Waals surface area contributed by atoms with E-state index in [9.17, 15) is 31.5 Å². The third kappa shape index (κ3) is 3.91. The molecule has 0 aliphatic heterocycles. The molecular formula is C23H29F5O4. The Balaban J connectivity index is 1.26. The van der Waals surface area contributed by atoms with E-state index in [1.165, 1.54) is 19.3 Å². The normalized spacial score (nSPS) is 43.0. The molecule has 180 valence electrons. The number of alkyl halides is 5. The van der Waals surface area contributed by atoms with E-state index in [-0.39, 0.29) is 23.9 Å². The van der Waals surface area contributed by atoms with Crippen molar-refractivity contribution in [2.24, 2.45) is 46.8 Å². The predicted molar refractivity (Wildman–Crippen MR) is 101 cm³/mol. The number of ether oxygens (including phenoxy) is 2. The highest BCUT2D eigenvalue weighted by Crippen LogP contribution is 2.60. The summed E-state index contributed by atoms with van der Waals surface area (Å²) in [6.45, 7) is 0.285. The molecule has 6 saturated carbocycles. The van der Waals surface area contributed by atoms with Gasteiger partial charge in [-0.15, -0.1) is 0 Å². The van der Waals surface area contributed by atoms with Crippen molar-refractivity contribution in [3.8, 4) is 0 Å². The highest BCUT2D eigenvalue weighted by atomic mass is 19.4. The van der Waals surface area contributed by atoms with Gasteiger partial charge in [0.15, 0.2) is 0 Å². The first-order valence-electron chi connectivity index (χ1n) is 11.8. The molecule has 0 spiro atoms. The van der Waals surface area contributed by atoms with Crippen LogP contribution in [0.5, 0.6) is 0 Å². The molecule has 6 aliphatic rings. The number of carbonyl (C=O) groups is 2. The minimum Gasteiger partial charge on any atom is -0.465 e. The van der Waals surface area contributed by atoms with Crippen LogP contribution in [0.25, 0.3) is 0 Å². The van der Waals surface area contributed by atoms with E-state index >= 15 is 0 Å². The molecule has 6 fully saturated rings. The summed E-state index contributed by atoms with van der Waals surface area (Å²) in [5.74, 6) is -2.42. The van der Waals surface area contributed by atoms with Gasteiger partial charge >= 0.3 is 18.1 Å². The Morgan fingerprint density at radius 1 is 0.844 bits per heavy atom. The molecule has 0 saturated heterocycles. The van der Waals surface area contributed by atoms with Crippen molar-refractivity contribution in [2.75, 3.05) is 6.61 Å². The van der Waals surface area contributed by atoms with E-state index in [4.69, 9.17) is 4.74 Å². The molecule has 0 aromatic rings. The van der Waals surface area contributed by atoms with Crippen LogP contribution in [0.3, 0.4) is 0 Å². The SMILES string of the molecule is O=C(OCC12CC3CC(CC(C3)C1)C2)C1C2CCC(C2)C1C(=O)OC(C(F)F)C(F)(F)F. The number of carbonyl (C=O) groups excluding carboxylic acids is 2. The molecule has 5 unspecified atom stereocenters. The minimum absolute atomic E-state index is 0.0188. The summed E-state index contributed by atoms with van der Waals surface area (Å²) in [4.78, 5) is 25.6. The van der Waals surface area contributed by atoms with E-state index in [1.54, 1.807) is 0 Å². The van der Waals surface area contributed by atoms with E-state index in [0.29, 0.717) is 37.0 Å². The fourth-order valence-electron chi connectivity index (χ4n) is 8.22. The lowest BCUT2D eigenvalue weighted by Gasteiger charge is -2.56. The second-order valence-electron chi connectivity index (χ2n) is 11.1. The molecular weight excluding hydrogens is 435 g/mol. The number of rotatable bonds is 6. The number of hydrogen-bond acceptors (Lipinski definition) is 4. The molecule has 6 bridgehead atoms. The summed E-state index contributed by atoms with van der Waals surface area (Å²) >= 11 is 0. The van der Waals surface area contributed by atoms with Gasteiger partial charge in [0.05, 0.1) is 18.4 Å². The van der Waals surface area contributed by atoms with Crippen molar-refractivity contribution in [1.82, 2.24) is 0 Å². The Hall–Kier alpha value is -1.41. The molecule has 0 N–H and O–H groups in total. The Morgan fingerprint density at radius 3 is 1.81 bits per heavy atom. The van der Waals surface area contributed by atoms with Crippen LogP contribution in [-0.4, -0.2) is 37.3 Å². The van der Waals surface area contributed by atoms with Gasteiger partial charge in [-0.05, 0) is 87.4 Å². The number of fused-ring (bicyclic) bond motifs is 2. The zero-order valence-electron chi connectivity index (χ0n) is 17.8. The van der Waals surface area contributed by atoms with Crippen LogP contribution in [0.15, 0.2) is 0 Å². The first-order chi connectivity index (χ1) is 15.0. The third-order valence-electron chi connectivity index (χ3n) is 8.94. The quantitative estimate of drug-likeness (QED) is 0.403. The van der Waals surface area contributed by atoms with Crippen molar-refractivity contribution in [3.63, 3.8) is 0 Å². The van der Waals surface area contributed by atoms with Crippen LogP contribution >= 0.6 is 0 Å². The average molecular weight is 464 g/mol. The molecule has 0 aromatic heterocycles. The van der Waals surface area contributed by atoms with Gasteiger partial charge in [0, 0.05) is 5.41 Å². The molecule has 0 aromatic carbocycles. The lowest BCUT2D eigenvalue weighted by atomic mass is 9.50. The summed E-state index contributed by atoms with van der Waals surface area (Å²) < 4.78 is 74.4. The van der Waals surface area contributed by atoms with Crippen molar-refractivity contribution < 1.29 is 41.0 Å². The Morgan fingerprint density at radius 2 is 1.34 bits per heavy atom. The molecule has 6 aliphatic carbocycles. The van der Waals surface area contributed by atoms with Crippen molar-refractivity contribution in [1.29, 1.82) is 0 Å². The van der Waals surface area contributed by atoms with E-state index in [2.05, 4.69) is 4.74 Å². The van der Waals surface area contributed by atoms with E-state index < -0.39 is 42.5 Å². The van der Waals surface area contributed by atoms with E-state index in [1.807, 2.05) is 0 Å². The summed E-state index contributed by atoms with van der Waals surface area (Å²) in [6.07, 6.45) is -4.08. The van der Waals surface area contributed by atoms with Gasteiger partial charge in [-0.3, -0.25) is 9.59 Å². The molecule has 6 rings (SSSR count). The van der Waals surface area contributed by atoms with Crippen LogP contribution in [0.1, 0.15) is 57.8 Å². The Bertz CT molecular complexity index is 731. The monoisotopic (exact) mass is 464 g/mol. The van der Waals surface area contributed by atoms with Crippen LogP contribution < -0.4 is 0 Å². The lowest BCUT2D eigenvalue weighted by molar-refractivity contribution is -0.252. The first kappa shape index (κ1) is 22.4. The number of esters is 2. The van der Waals surface area contributed by atoms with Gasteiger partial charge < -0.3 is 9.47 Å². The first-order valence-corrected chi connectivity index (χ1v) is 11.8. The van der Waals surface area contributed by atoms with Gasteiger partial charge in [-0.1, -0.05) is 0 Å². The topological polar surface area (TPSA) is 52.6 Å². The zero-order chi connectivity index (χ0) is 22.8. The summed E-state index contributed by atoms with van der Waals surface area (Å²) in [6, 6.07) is 0. The van der Waals surface area contributed by atoms with Gasteiger partial charge in [0.25, 0.3) is 12.5 Å². The highest BCUT2D eigenvalue weighted by Gasteiger charge is 2.58. The summed E-state index contributed by atoms with van der Waals surface area (Å²) in [5.41, 5.74) is -0.0188. The van der Waals surface area contributed by atoms with Crippen molar-refractivity contribution >= 4 is 11.9 Å². The minimum atomic E-state index is -5.37. The van der Waals surface area contributed by atoms with Gasteiger partial charge in [-0.25, -0.2) is 8.78 Å². The van der Waals surface area contributed by atoms with Crippen LogP contribution in [0, 0.1) is 46.8 Å². The molecule has 0 heterocycles. The predicted octanol–water partition coefficient (Wildman–Crippen LogP) is 5.15. The molecule has 4 nitrogen and oxygen atoms in total. The largest absolute Gasteiger partial charge is 0.465 e. The zero-order valence-corrected chi connectivity index (χ0v) is 17.8. The average Bonchev–Trinajstić information content (AvgIpc) is 3.29. The fraction of sp³-hybridized carbons (Fsp3) is 0.913. The van der Waals surface area contributed by atoms with Gasteiger partial charge in [-0.2, -0.15) is 13.2 Å². The third-order valence-corrected chi connectivity index (χ3v) is 8.94. The fourth-order valence-corrected chi connectivity index (χ4v) is 8.22. The Labute approximate surface area is 183 Å². The molecule has 9 heteroatoms. The highest BCUT2D eigenvalue weighted by molar-refractivity contribution is 5.84. The maximum atomic E-state index is 13.1. The molecule has 32 heavy (non-hydrogen) atoms.